The summed E-state index contributed by atoms with van der Waals surface area (Å²) in [6.07, 6.45) is 3.14. The Morgan fingerprint density at radius 2 is 2.17 bits per heavy atom. The molecule has 0 bridgehead atoms. The van der Waals surface area contributed by atoms with E-state index in [4.69, 9.17) is 0 Å². The maximum absolute atomic E-state index is 12.3. The molecule has 0 aliphatic heterocycles. The third-order valence-corrected chi connectivity index (χ3v) is 3.25. The molecule has 122 valence electrons. The van der Waals surface area contributed by atoms with E-state index >= 15 is 0 Å². The summed E-state index contributed by atoms with van der Waals surface area (Å²) in [5.74, 6) is 0.400. The smallest absolute Gasteiger partial charge is 0.251 e. The number of rotatable bonds is 5. The van der Waals surface area contributed by atoms with Gasteiger partial charge in [-0.05, 0) is 34.7 Å². The summed E-state index contributed by atoms with van der Waals surface area (Å²) in [6, 6.07) is 8.82. The van der Waals surface area contributed by atoms with Crippen molar-refractivity contribution in [3.05, 3.63) is 54.1 Å². The monoisotopic (exact) mass is 324 g/mol. The second kappa shape index (κ2) is 6.82. The van der Waals surface area contributed by atoms with Gasteiger partial charge < -0.3 is 10.2 Å². The van der Waals surface area contributed by atoms with Crippen molar-refractivity contribution in [2.24, 2.45) is 0 Å². The Balaban J connectivity index is 1.69. The molecule has 0 aliphatic rings. The minimum Gasteiger partial charge on any atom is -0.347 e. The van der Waals surface area contributed by atoms with Crippen LogP contribution in [0.3, 0.4) is 0 Å². The van der Waals surface area contributed by atoms with Crippen molar-refractivity contribution in [3.8, 4) is 5.69 Å². The summed E-state index contributed by atoms with van der Waals surface area (Å²) in [4.78, 5) is 22.6. The van der Waals surface area contributed by atoms with Gasteiger partial charge in [0.05, 0.1) is 17.9 Å². The van der Waals surface area contributed by atoms with E-state index in [1.54, 1.807) is 35.4 Å². The Kier molecular flexibility index (Phi) is 4.41. The van der Waals surface area contributed by atoms with Gasteiger partial charge in [0.2, 0.25) is 5.95 Å². The lowest BCUT2D eigenvalue weighted by atomic mass is 10.2. The molecule has 3 rings (SSSR count). The van der Waals surface area contributed by atoms with Gasteiger partial charge in [0.1, 0.15) is 6.33 Å². The van der Waals surface area contributed by atoms with Crippen LogP contribution in [0.5, 0.6) is 0 Å². The zero-order chi connectivity index (χ0) is 16.9. The average Bonchev–Trinajstić information content (AvgIpc) is 3.15. The second-order valence-electron chi connectivity index (χ2n) is 5.23. The highest BCUT2D eigenvalue weighted by Gasteiger charge is 2.08. The molecule has 1 aromatic carbocycles. The lowest BCUT2D eigenvalue weighted by molar-refractivity contribution is 0.0950. The Morgan fingerprint density at radius 3 is 2.92 bits per heavy atom. The van der Waals surface area contributed by atoms with E-state index in [1.807, 2.05) is 20.2 Å². The van der Waals surface area contributed by atoms with Crippen molar-refractivity contribution in [1.29, 1.82) is 0 Å². The summed E-state index contributed by atoms with van der Waals surface area (Å²) in [5.41, 5.74) is 1.97. The number of tetrazole rings is 1. The van der Waals surface area contributed by atoms with Crippen molar-refractivity contribution in [3.63, 3.8) is 0 Å². The standard InChI is InChI=1S/C15H16N8O/c1-22(2)15-16-7-6-12(19-15)9-17-14(24)11-4-3-5-13(8-11)23-10-18-20-21-23/h3-8,10H,9H2,1-2H3,(H,17,24). The number of hydrogen-bond donors (Lipinski definition) is 1. The molecule has 0 unspecified atom stereocenters. The molecule has 0 saturated heterocycles. The highest BCUT2D eigenvalue weighted by Crippen LogP contribution is 2.09. The predicted molar refractivity (Wildman–Crippen MR) is 86.7 cm³/mol. The van der Waals surface area contributed by atoms with E-state index in [-0.39, 0.29) is 5.91 Å². The molecule has 0 fully saturated rings. The highest BCUT2D eigenvalue weighted by atomic mass is 16.1. The van der Waals surface area contributed by atoms with Crippen molar-refractivity contribution in [2.75, 3.05) is 19.0 Å². The first-order chi connectivity index (χ1) is 11.6. The van der Waals surface area contributed by atoms with Gasteiger partial charge in [-0.1, -0.05) is 6.07 Å². The zero-order valence-corrected chi connectivity index (χ0v) is 13.3. The van der Waals surface area contributed by atoms with Gasteiger partial charge in [-0.15, -0.1) is 5.10 Å². The van der Waals surface area contributed by atoms with Crippen LogP contribution in [0.15, 0.2) is 42.9 Å². The summed E-state index contributed by atoms with van der Waals surface area (Å²) in [5, 5.41) is 13.8. The highest BCUT2D eigenvalue weighted by molar-refractivity contribution is 5.94. The zero-order valence-electron chi connectivity index (χ0n) is 13.3. The molecule has 2 aromatic heterocycles. The number of nitrogens with one attached hydrogen (secondary N) is 1. The van der Waals surface area contributed by atoms with Crippen LogP contribution in [-0.4, -0.2) is 50.2 Å². The summed E-state index contributed by atoms with van der Waals surface area (Å²) < 4.78 is 1.49. The summed E-state index contributed by atoms with van der Waals surface area (Å²) in [6.45, 7) is 0.317. The molecule has 9 heteroatoms. The van der Waals surface area contributed by atoms with E-state index in [2.05, 4.69) is 30.8 Å². The fraction of sp³-hybridized carbons (Fsp3) is 0.200. The number of hydrogen-bond acceptors (Lipinski definition) is 7. The normalized spacial score (nSPS) is 10.4. The van der Waals surface area contributed by atoms with Crippen LogP contribution in [0.1, 0.15) is 16.1 Å². The Hall–Kier alpha value is -3.36. The first kappa shape index (κ1) is 15.5. The predicted octanol–water partition coefficient (Wildman–Crippen LogP) is 0.448. The maximum Gasteiger partial charge on any atom is 0.251 e. The van der Waals surface area contributed by atoms with Crippen LogP contribution in [0, 0.1) is 0 Å². The number of nitrogens with zero attached hydrogens (tertiary/aromatic N) is 7. The fourth-order valence-corrected chi connectivity index (χ4v) is 2.04. The molecule has 9 nitrogen and oxygen atoms in total. The molecule has 24 heavy (non-hydrogen) atoms. The van der Waals surface area contributed by atoms with E-state index in [0.29, 0.717) is 23.7 Å². The van der Waals surface area contributed by atoms with Crippen LogP contribution < -0.4 is 10.2 Å². The molecule has 0 saturated carbocycles. The van der Waals surface area contributed by atoms with Crippen LogP contribution in [0.4, 0.5) is 5.95 Å². The van der Waals surface area contributed by atoms with Crippen LogP contribution in [0.2, 0.25) is 0 Å². The average molecular weight is 324 g/mol. The van der Waals surface area contributed by atoms with Crippen LogP contribution in [0.25, 0.3) is 5.69 Å². The molecule has 2 heterocycles. The molecular formula is C15H16N8O. The van der Waals surface area contributed by atoms with Gasteiger partial charge in [0.25, 0.3) is 5.91 Å². The molecule has 3 aromatic rings. The number of aromatic nitrogens is 6. The Labute approximate surface area is 138 Å². The SMILES string of the molecule is CN(C)c1nccc(CNC(=O)c2cccc(-n3cnnn3)c2)n1. The van der Waals surface area contributed by atoms with Gasteiger partial charge in [0, 0.05) is 25.9 Å². The number of benzene rings is 1. The van der Waals surface area contributed by atoms with Crippen molar-refractivity contribution in [1.82, 2.24) is 35.5 Å². The lowest BCUT2D eigenvalue weighted by Gasteiger charge is -2.11. The Morgan fingerprint density at radius 1 is 1.29 bits per heavy atom. The van der Waals surface area contributed by atoms with Gasteiger partial charge >= 0.3 is 0 Å². The van der Waals surface area contributed by atoms with Gasteiger partial charge in [-0.3, -0.25) is 4.79 Å². The second-order valence-corrected chi connectivity index (χ2v) is 5.23. The van der Waals surface area contributed by atoms with Crippen molar-refractivity contribution >= 4 is 11.9 Å². The Bertz CT molecular complexity index is 831. The van der Waals surface area contributed by atoms with E-state index in [9.17, 15) is 4.79 Å². The maximum atomic E-state index is 12.3. The first-order valence-corrected chi connectivity index (χ1v) is 7.24. The van der Waals surface area contributed by atoms with E-state index in [1.165, 1.54) is 11.0 Å². The van der Waals surface area contributed by atoms with Gasteiger partial charge in [-0.2, -0.15) is 0 Å². The van der Waals surface area contributed by atoms with E-state index in [0.717, 1.165) is 5.69 Å². The topological polar surface area (TPSA) is 102 Å². The van der Waals surface area contributed by atoms with E-state index < -0.39 is 0 Å². The van der Waals surface area contributed by atoms with Gasteiger partial charge in [0.15, 0.2) is 0 Å². The lowest BCUT2D eigenvalue weighted by Crippen LogP contribution is -2.24. The van der Waals surface area contributed by atoms with Crippen molar-refractivity contribution in [2.45, 2.75) is 6.54 Å². The fourth-order valence-electron chi connectivity index (χ4n) is 2.04. The molecular weight excluding hydrogens is 308 g/mol. The van der Waals surface area contributed by atoms with Crippen LogP contribution in [-0.2, 0) is 6.54 Å². The van der Waals surface area contributed by atoms with Crippen molar-refractivity contribution < 1.29 is 4.79 Å². The largest absolute Gasteiger partial charge is 0.347 e. The first-order valence-electron chi connectivity index (χ1n) is 7.24. The quantitative estimate of drug-likeness (QED) is 0.727. The molecule has 0 atom stereocenters. The minimum atomic E-state index is -0.199. The molecule has 0 aliphatic carbocycles. The molecule has 1 N–H and O–H groups in total. The molecule has 1 amide bonds. The number of anilines is 1. The third-order valence-electron chi connectivity index (χ3n) is 3.25. The summed E-state index contributed by atoms with van der Waals surface area (Å²) in [7, 11) is 3.73. The number of amides is 1. The van der Waals surface area contributed by atoms with Crippen LogP contribution >= 0.6 is 0 Å². The van der Waals surface area contributed by atoms with Gasteiger partial charge in [-0.25, -0.2) is 14.6 Å². The third kappa shape index (κ3) is 3.51. The number of carbonyl (C=O) groups excluding carboxylic acids is 1. The minimum absolute atomic E-state index is 0.199. The summed E-state index contributed by atoms with van der Waals surface area (Å²) >= 11 is 0. The number of carbonyl (C=O) groups is 1. The molecule has 0 spiro atoms. The molecule has 0 radical (unpaired) electrons.